The maximum atomic E-state index is 13.0. The zero-order chi connectivity index (χ0) is 26.0. The van der Waals surface area contributed by atoms with Crippen molar-refractivity contribution in [2.75, 3.05) is 23.8 Å². The molecule has 2 aliphatic rings. The molecule has 4 heterocycles. The molecule has 2 amide bonds. The van der Waals surface area contributed by atoms with E-state index >= 15 is 0 Å². The summed E-state index contributed by atoms with van der Waals surface area (Å²) in [6.45, 7) is -0.582. The van der Waals surface area contributed by atoms with Gasteiger partial charge in [0.1, 0.15) is 22.8 Å². The van der Waals surface area contributed by atoms with E-state index in [1.807, 2.05) is 0 Å². The smallest absolute Gasteiger partial charge is 0.352 e. The van der Waals surface area contributed by atoms with Crippen LogP contribution in [0.2, 0.25) is 0 Å². The first kappa shape index (κ1) is 24.9. The van der Waals surface area contributed by atoms with Gasteiger partial charge in [0.05, 0.1) is 5.69 Å². The number of rotatable bonds is 9. The lowest BCUT2D eigenvalue weighted by Crippen LogP contribution is -2.71. The third-order valence-electron chi connectivity index (χ3n) is 5.11. The number of β-lactam (4-membered cyclic amide) rings is 1. The van der Waals surface area contributed by atoms with Gasteiger partial charge in [-0.3, -0.25) is 14.5 Å². The molecule has 2 atom stereocenters. The molecule has 1 fully saturated rings. The largest absolute Gasteiger partial charge is 0.479 e. The van der Waals surface area contributed by atoms with Gasteiger partial charge in [-0.1, -0.05) is 5.16 Å². The van der Waals surface area contributed by atoms with Crippen LogP contribution in [0.5, 0.6) is 0 Å². The Morgan fingerprint density at radius 2 is 2.11 bits per heavy atom. The van der Waals surface area contributed by atoms with E-state index in [0.29, 0.717) is 17.0 Å². The molecule has 0 saturated carbocycles. The average Bonchev–Trinajstić information content (AvgIpc) is 3.25. The van der Waals surface area contributed by atoms with Crippen molar-refractivity contribution in [1.29, 1.82) is 0 Å². The van der Waals surface area contributed by atoms with Gasteiger partial charge >= 0.3 is 11.9 Å². The molecule has 0 bridgehead atoms. The number of aromatic nitrogens is 2. The van der Waals surface area contributed by atoms with Crippen molar-refractivity contribution in [3.05, 3.63) is 46.9 Å². The third kappa shape index (κ3) is 5.08. The van der Waals surface area contributed by atoms with E-state index in [4.69, 9.17) is 21.4 Å². The highest BCUT2D eigenvalue weighted by molar-refractivity contribution is 8.00. The fraction of sp³-hybridized carbons (Fsp3) is 0.250. The Morgan fingerprint density at radius 1 is 1.33 bits per heavy atom. The number of hydrogen-bond acceptors (Lipinski definition) is 11. The minimum absolute atomic E-state index is 0.0351. The van der Waals surface area contributed by atoms with E-state index in [0.717, 1.165) is 16.2 Å². The fourth-order valence-electron chi connectivity index (χ4n) is 3.63. The normalized spacial score (nSPS) is 19.4. The number of carboxylic acids is 2. The molecule has 1 saturated heterocycles. The van der Waals surface area contributed by atoms with Gasteiger partial charge in [-0.25, -0.2) is 14.6 Å². The van der Waals surface area contributed by atoms with E-state index < -0.39 is 41.8 Å². The van der Waals surface area contributed by atoms with E-state index in [9.17, 15) is 24.3 Å². The average molecular weight is 535 g/mol. The first-order valence-electron chi connectivity index (χ1n) is 10.2. The van der Waals surface area contributed by atoms with Gasteiger partial charge in [-0.2, -0.15) is 4.57 Å². The lowest BCUT2D eigenvalue weighted by atomic mass is 10.0. The van der Waals surface area contributed by atoms with Crippen molar-refractivity contribution in [3.63, 3.8) is 0 Å². The van der Waals surface area contributed by atoms with Gasteiger partial charge in [0.15, 0.2) is 29.8 Å². The van der Waals surface area contributed by atoms with Crippen LogP contribution in [0.3, 0.4) is 0 Å². The summed E-state index contributed by atoms with van der Waals surface area (Å²) < 4.78 is 1.72. The Morgan fingerprint density at radius 3 is 2.75 bits per heavy atom. The predicted octanol–water partition coefficient (Wildman–Crippen LogP) is -1.16. The summed E-state index contributed by atoms with van der Waals surface area (Å²) in [6, 6.07) is 2.38. The topological polar surface area (TPSA) is 214 Å². The summed E-state index contributed by atoms with van der Waals surface area (Å²) in [4.78, 5) is 58.5. The summed E-state index contributed by atoms with van der Waals surface area (Å²) in [7, 11) is 0. The molecular weight excluding hydrogens is 514 g/mol. The number of carboxylic acid groups (broad SMARTS) is 2. The number of anilines is 2. The highest BCUT2D eigenvalue weighted by Gasteiger charge is 2.54. The molecule has 0 radical (unpaired) electrons. The molecule has 7 N–H and O–H groups in total. The second kappa shape index (κ2) is 10.2. The van der Waals surface area contributed by atoms with E-state index in [1.165, 1.54) is 17.1 Å². The molecule has 36 heavy (non-hydrogen) atoms. The van der Waals surface area contributed by atoms with Crippen molar-refractivity contribution in [1.82, 2.24) is 15.2 Å². The number of hydrogen-bond donors (Lipinski definition) is 5. The first-order chi connectivity index (χ1) is 17.2. The van der Waals surface area contributed by atoms with Crippen LogP contribution in [0.25, 0.3) is 0 Å². The predicted molar refractivity (Wildman–Crippen MR) is 127 cm³/mol. The fourth-order valence-corrected chi connectivity index (χ4v) is 5.51. The van der Waals surface area contributed by atoms with Gasteiger partial charge < -0.3 is 31.8 Å². The zero-order valence-corrected chi connectivity index (χ0v) is 20.0. The number of nitrogens with two attached hydrogens (primary N) is 2. The molecule has 4 rings (SSSR count). The number of carbonyl (C=O) groups is 4. The second-order valence-electron chi connectivity index (χ2n) is 7.61. The van der Waals surface area contributed by atoms with Crippen LogP contribution >= 0.6 is 23.1 Å². The maximum absolute atomic E-state index is 13.0. The summed E-state index contributed by atoms with van der Waals surface area (Å²) in [6.07, 6.45) is 3.39. The highest BCUT2D eigenvalue weighted by Crippen LogP contribution is 2.40. The van der Waals surface area contributed by atoms with Gasteiger partial charge in [-0.05, 0) is 6.07 Å². The van der Waals surface area contributed by atoms with Crippen LogP contribution in [-0.2, 0) is 30.6 Å². The first-order valence-corrected chi connectivity index (χ1v) is 12.2. The van der Waals surface area contributed by atoms with Crippen molar-refractivity contribution in [2.24, 2.45) is 5.16 Å². The molecule has 0 aromatic carbocycles. The number of thioether (sulfide) groups is 1. The van der Waals surface area contributed by atoms with Crippen LogP contribution in [0.1, 0.15) is 5.69 Å². The Bertz CT molecular complexity index is 1310. The Balaban J connectivity index is 1.53. The number of pyridine rings is 1. The van der Waals surface area contributed by atoms with Gasteiger partial charge in [0.25, 0.3) is 11.8 Å². The van der Waals surface area contributed by atoms with Crippen LogP contribution in [0.15, 0.2) is 46.3 Å². The van der Waals surface area contributed by atoms with Crippen LogP contribution in [-0.4, -0.2) is 73.3 Å². The quantitative estimate of drug-likeness (QED) is 0.112. The van der Waals surface area contributed by atoms with Crippen molar-refractivity contribution in [2.45, 2.75) is 18.0 Å². The summed E-state index contributed by atoms with van der Waals surface area (Å²) in [5.41, 5.74) is 11.9. The molecule has 2 aromatic heterocycles. The molecule has 2 aliphatic heterocycles. The SMILES string of the molecule is Nc1ccc[n+](CC2=C(C(=O)O)N3C(=O)C(NC(=O)/C(=N\OCC(=O)O)c4csc(N)n4)[C@H]3SC2)c1. The number of carbonyl (C=O) groups excluding carboxylic acids is 2. The summed E-state index contributed by atoms with van der Waals surface area (Å²) in [5.74, 6) is -3.74. The number of fused-ring (bicyclic) bond motifs is 1. The zero-order valence-electron chi connectivity index (χ0n) is 18.4. The van der Waals surface area contributed by atoms with Gasteiger partial charge in [0, 0.05) is 22.8 Å². The molecule has 188 valence electrons. The number of thiazole rings is 1. The van der Waals surface area contributed by atoms with Crippen molar-refractivity contribution >= 4 is 63.4 Å². The van der Waals surface area contributed by atoms with E-state index in [1.54, 1.807) is 29.1 Å². The Hall–Kier alpha value is -4.18. The van der Waals surface area contributed by atoms with Crippen LogP contribution in [0, 0.1) is 0 Å². The number of oxime groups is 1. The molecule has 14 nitrogen and oxygen atoms in total. The standard InChI is InChI=1S/C20H19N7O7S2/c21-10-2-1-3-26(5-10)4-9-7-35-18-14(17(31)27(18)15(9)19(32)33)24-16(30)13(25-34-6-12(28)29)11-8-36-20(22)23-11/h1-3,5,8,14,18H,4,6-7,21H2,(H4-,22,23,24,28,29,30,32,33)/p+1/b25-13-/t14?,18-/m1/s1. The van der Waals surface area contributed by atoms with Gasteiger partial charge in [0.2, 0.25) is 6.61 Å². The minimum atomic E-state index is -1.31. The maximum Gasteiger partial charge on any atom is 0.352 e. The Kier molecular flexibility index (Phi) is 7.07. The Labute approximate surface area is 211 Å². The highest BCUT2D eigenvalue weighted by atomic mass is 32.2. The van der Waals surface area contributed by atoms with E-state index in [-0.39, 0.29) is 28.8 Å². The molecule has 0 aliphatic carbocycles. The lowest BCUT2D eigenvalue weighted by Gasteiger charge is -2.49. The molecule has 16 heteroatoms. The number of amides is 2. The number of nitrogens with one attached hydrogen (secondary N) is 1. The second-order valence-corrected chi connectivity index (χ2v) is 9.60. The summed E-state index contributed by atoms with van der Waals surface area (Å²) >= 11 is 2.32. The van der Waals surface area contributed by atoms with Gasteiger partial charge in [-0.15, -0.1) is 23.1 Å². The van der Waals surface area contributed by atoms with Crippen LogP contribution in [0.4, 0.5) is 10.8 Å². The number of aliphatic carboxylic acids is 2. The number of nitrogens with zero attached hydrogens (tertiary/aromatic N) is 4. The van der Waals surface area contributed by atoms with E-state index in [2.05, 4.69) is 15.5 Å². The molecule has 1 unspecified atom stereocenters. The summed E-state index contributed by atoms with van der Waals surface area (Å²) in [5, 5.41) is 25.6. The minimum Gasteiger partial charge on any atom is -0.479 e. The van der Waals surface area contributed by atoms with Crippen molar-refractivity contribution in [3.8, 4) is 0 Å². The number of nitrogen functional groups attached to an aromatic ring is 2. The van der Waals surface area contributed by atoms with Crippen molar-refractivity contribution < 1.29 is 38.8 Å². The molecule has 2 aromatic rings. The van der Waals surface area contributed by atoms with Crippen LogP contribution < -0.4 is 21.4 Å². The molecule has 0 spiro atoms. The monoisotopic (exact) mass is 534 g/mol. The molecular formula is C20H20N7O7S2+. The third-order valence-corrected chi connectivity index (χ3v) is 7.13. The lowest BCUT2D eigenvalue weighted by molar-refractivity contribution is -0.688.